The van der Waals surface area contributed by atoms with E-state index in [4.69, 9.17) is 4.74 Å². The fraction of sp³-hybridized carbons (Fsp3) is 0.889. The number of carbonyl (C=O) groups excluding carboxylic acids is 1. The van der Waals surface area contributed by atoms with Crippen LogP contribution in [0.2, 0.25) is 0 Å². The first-order chi connectivity index (χ1) is 5.73. The third kappa shape index (κ3) is 1.22. The van der Waals surface area contributed by atoms with Crippen LogP contribution in [0.3, 0.4) is 0 Å². The molecule has 0 aliphatic carbocycles. The van der Waals surface area contributed by atoms with E-state index in [1.807, 2.05) is 0 Å². The van der Waals surface area contributed by atoms with Crippen LogP contribution in [0, 0.1) is 5.92 Å². The van der Waals surface area contributed by atoms with Gasteiger partial charge in [0.1, 0.15) is 6.54 Å². The van der Waals surface area contributed by atoms with E-state index in [1.165, 1.54) is 25.9 Å². The zero-order valence-electron chi connectivity index (χ0n) is 7.53. The van der Waals surface area contributed by atoms with Gasteiger partial charge in [0.2, 0.25) is 0 Å². The van der Waals surface area contributed by atoms with E-state index in [0.717, 1.165) is 11.0 Å². The van der Waals surface area contributed by atoms with Crippen LogP contribution in [0.25, 0.3) is 0 Å². The summed E-state index contributed by atoms with van der Waals surface area (Å²) >= 11 is 0. The molecule has 68 valence electrons. The van der Waals surface area contributed by atoms with Crippen LogP contribution in [0.15, 0.2) is 0 Å². The molecule has 0 aromatic carbocycles. The molecule has 3 fully saturated rings. The molecule has 3 aliphatic rings. The molecule has 1 atom stereocenters. The summed E-state index contributed by atoms with van der Waals surface area (Å²) in [5.74, 6) is 0.648. The molecule has 12 heavy (non-hydrogen) atoms. The lowest BCUT2D eigenvalue weighted by Gasteiger charge is -2.49. The summed E-state index contributed by atoms with van der Waals surface area (Å²) in [5, 5.41) is 0. The lowest BCUT2D eigenvalue weighted by atomic mass is 9.84. The van der Waals surface area contributed by atoms with E-state index >= 15 is 0 Å². The normalized spacial score (nSPS) is 45.8. The lowest BCUT2D eigenvalue weighted by Crippen LogP contribution is -2.61. The van der Waals surface area contributed by atoms with Crippen molar-refractivity contribution >= 4 is 6.47 Å². The van der Waals surface area contributed by atoms with Gasteiger partial charge in [-0.1, -0.05) is 0 Å². The zero-order chi connectivity index (χ0) is 8.60. The lowest BCUT2D eigenvalue weighted by molar-refractivity contribution is -0.928. The summed E-state index contributed by atoms with van der Waals surface area (Å²) in [4.78, 5) is 10.2. The van der Waals surface area contributed by atoms with Crippen LogP contribution in [0.5, 0.6) is 0 Å². The molecule has 3 heteroatoms. The van der Waals surface area contributed by atoms with Crippen molar-refractivity contribution < 1.29 is 14.0 Å². The largest absolute Gasteiger partial charge is 0.458 e. The van der Waals surface area contributed by atoms with E-state index in [2.05, 4.69) is 7.05 Å². The average Bonchev–Trinajstić information content (AvgIpc) is 2.05. The van der Waals surface area contributed by atoms with Crippen LogP contribution in [-0.2, 0) is 9.53 Å². The van der Waals surface area contributed by atoms with Crippen LogP contribution >= 0.6 is 0 Å². The predicted octanol–water partition coefficient (Wildman–Crippen LogP) is 0.398. The van der Waals surface area contributed by atoms with Crippen LogP contribution in [0.4, 0.5) is 0 Å². The first kappa shape index (κ1) is 8.05. The van der Waals surface area contributed by atoms with Crippen molar-refractivity contribution in [2.75, 3.05) is 26.7 Å². The minimum Gasteiger partial charge on any atom is -0.458 e. The maximum atomic E-state index is 10.2. The Hall–Kier alpha value is -0.570. The fourth-order valence-electron chi connectivity index (χ4n) is 2.57. The van der Waals surface area contributed by atoms with Gasteiger partial charge in [-0.3, -0.25) is 4.79 Å². The fourth-order valence-corrected chi connectivity index (χ4v) is 2.57. The van der Waals surface area contributed by atoms with E-state index < -0.39 is 0 Å². The molecule has 0 N–H and O–H groups in total. The van der Waals surface area contributed by atoms with Crippen molar-refractivity contribution in [3.8, 4) is 0 Å². The van der Waals surface area contributed by atoms with Crippen molar-refractivity contribution in [2.45, 2.75) is 18.9 Å². The summed E-state index contributed by atoms with van der Waals surface area (Å²) in [6.45, 7) is 4.18. The Morgan fingerprint density at radius 3 is 2.58 bits per heavy atom. The molecule has 3 saturated heterocycles. The number of ether oxygens (including phenoxy) is 1. The summed E-state index contributed by atoms with van der Waals surface area (Å²) in [6.07, 6.45) is 2.67. The second-order valence-corrected chi connectivity index (χ2v) is 4.36. The highest BCUT2D eigenvalue weighted by molar-refractivity contribution is 5.37. The summed E-state index contributed by atoms with van der Waals surface area (Å²) in [5.41, 5.74) is 0. The highest BCUT2D eigenvalue weighted by atomic mass is 16.5. The molecule has 0 amide bonds. The molecule has 1 unspecified atom stereocenters. The van der Waals surface area contributed by atoms with Crippen LogP contribution in [0.1, 0.15) is 12.8 Å². The van der Waals surface area contributed by atoms with Gasteiger partial charge in [0.05, 0.1) is 20.1 Å². The molecule has 3 rings (SSSR count). The van der Waals surface area contributed by atoms with Gasteiger partial charge in [-0.2, -0.15) is 0 Å². The van der Waals surface area contributed by atoms with E-state index in [9.17, 15) is 4.79 Å². The number of fused-ring (bicyclic) bond motifs is 3. The topological polar surface area (TPSA) is 26.3 Å². The number of likely N-dealkylation sites (N-methyl/N-ethyl adjacent to an activating group) is 1. The standard InChI is InChI=1S/C9H16NO2/c1-10-4-2-8(3-5-10)9(6-10)12-7-11/h7-9H,2-6H2,1H3/q+1. The Balaban J connectivity index is 2.05. The number of hydrogen-bond donors (Lipinski definition) is 0. The monoisotopic (exact) mass is 170 g/mol. The van der Waals surface area contributed by atoms with E-state index in [-0.39, 0.29) is 6.10 Å². The molecule has 3 heterocycles. The number of rotatable bonds is 2. The molecule has 0 aromatic rings. The molecule has 3 aliphatic heterocycles. The Morgan fingerprint density at radius 2 is 2.08 bits per heavy atom. The number of nitrogens with zero attached hydrogens (tertiary/aromatic N) is 1. The van der Waals surface area contributed by atoms with E-state index in [0.29, 0.717) is 12.4 Å². The first-order valence-electron chi connectivity index (χ1n) is 4.66. The van der Waals surface area contributed by atoms with Gasteiger partial charge in [-0.05, 0) is 0 Å². The molecule has 0 radical (unpaired) electrons. The first-order valence-corrected chi connectivity index (χ1v) is 4.66. The number of carbonyl (C=O) groups is 1. The summed E-state index contributed by atoms with van der Waals surface area (Å²) in [6, 6.07) is 0. The van der Waals surface area contributed by atoms with Gasteiger partial charge in [-0.25, -0.2) is 0 Å². The minimum atomic E-state index is 0.204. The maximum Gasteiger partial charge on any atom is 0.293 e. The maximum absolute atomic E-state index is 10.2. The number of piperidine rings is 3. The van der Waals surface area contributed by atoms with Gasteiger partial charge in [0, 0.05) is 18.8 Å². The summed E-state index contributed by atoms with van der Waals surface area (Å²) < 4.78 is 6.19. The smallest absolute Gasteiger partial charge is 0.293 e. The van der Waals surface area contributed by atoms with Gasteiger partial charge >= 0.3 is 0 Å². The Bertz CT molecular complexity index is 185. The van der Waals surface area contributed by atoms with Crippen molar-refractivity contribution in [2.24, 2.45) is 5.92 Å². The van der Waals surface area contributed by atoms with Crippen molar-refractivity contribution in [1.29, 1.82) is 0 Å². The van der Waals surface area contributed by atoms with Crippen LogP contribution in [-0.4, -0.2) is 43.7 Å². The zero-order valence-corrected chi connectivity index (χ0v) is 7.53. The molecular formula is C9H16NO2+. The SMILES string of the molecule is C[N+]12CCC(CC1)C(OC=O)C2. The highest BCUT2D eigenvalue weighted by Crippen LogP contribution is 2.33. The molecule has 3 nitrogen and oxygen atoms in total. The van der Waals surface area contributed by atoms with Crippen molar-refractivity contribution in [1.82, 2.24) is 0 Å². The van der Waals surface area contributed by atoms with Gasteiger partial charge in [0.15, 0.2) is 6.10 Å². The minimum absolute atomic E-state index is 0.204. The molecule has 0 saturated carbocycles. The molecule has 0 spiro atoms. The van der Waals surface area contributed by atoms with Crippen LogP contribution < -0.4 is 0 Å². The average molecular weight is 170 g/mol. The van der Waals surface area contributed by atoms with Gasteiger partial charge < -0.3 is 9.22 Å². The van der Waals surface area contributed by atoms with Gasteiger partial charge in [-0.15, -0.1) is 0 Å². The predicted molar refractivity (Wildman–Crippen MR) is 44.4 cm³/mol. The number of hydrogen-bond acceptors (Lipinski definition) is 2. The van der Waals surface area contributed by atoms with Gasteiger partial charge in [0.25, 0.3) is 6.47 Å². The van der Waals surface area contributed by atoms with Crippen molar-refractivity contribution in [3.63, 3.8) is 0 Å². The number of quaternary nitrogens is 1. The molecular weight excluding hydrogens is 154 g/mol. The molecule has 0 aromatic heterocycles. The Kier molecular flexibility index (Phi) is 1.83. The third-order valence-electron chi connectivity index (χ3n) is 3.46. The highest BCUT2D eigenvalue weighted by Gasteiger charge is 2.44. The molecule has 2 bridgehead atoms. The third-order valence-corrected chi connectivity index (χ3v) is 3.46. The Labute approximate surface area is 72.9 Å². The Morgan fingerprint density at radius 1 is 1.42 bits per heavy atom. The van der Waals surface area contributed by atoms with E-state index in [1.54, 1.807) is 0 Å². The quantitative estimate of drug-likeness (QED) is 0.443. The summed E-state index contributed by atoms with van der Waals surface area (Å²) in [7, 11) is 2.26. The second-order valence-electron chi connectivity index (χ2n) is 4.36. The second kappa shape index (κ2) is 2.73. The van der Waals surface area contributed by atoms with Crippen molar-refractivity contribution in [3.05, 3.63) is 0 Å².